The van der Waals surface area contributed by atoms with Crippen LogP contribution in [-0.4, -0.2) is 41.4 Å². The van der Waals surface area contributed by atoms with Crippen LogP contribution in [-0.2, 0) is 9.53 Å². The molecule has 1 aliphatic heterocycles. The lowest BCUT2D eigenvalue weighted by atomic mass is 9.95. The minimum Gasteiger partial charge on any atom is -0.490 e. The zero-order valence-corrected chi connectivity index (χ0v) is 22.6. The van der Waals surface area contributed by atoms with Gasteiger partial charge in [0.15, 0.2) is 16.3 Å². The van der Waals surface area contributed by atoms with Crippen molar-refractivity contribution >= 4 is 29.4 Å². The molecule has 10 heteroatoms. The number of benzene rings is 2. The number of aromatic carboxylic acids is 1. The van der Waals surface area contributed by atoms with E-state index in [-0.39, 0.29) is 28.9 Å². The minimum atomic E-state index is -1.10. The molecule has 2 aromatic carbocycles. The number of hydrogen-bond donors (Lipinski definition) is 1. The first kappa shape index (κ1) is 27.6. The molecule has 0 saturated heterocycles. The number of aromatic nitrogens is 1. The highest BCUT2D eigenvalue weighted by molar-refractivity contribution is 7.07. The van der Waals surface area contributed by atoms with Gasteiger partial charge in [0.1, 0.15) is 6.61 Å². The van der Waals surface area contributed by atoms with Gasteiger partial charge in [-0.2, -0.15) is 0 Å². The Morgan fingerprint density at radius 2 is 1.90 bits per heavy atom. The number of esters is 1. The number of carboxylic acids is 1. The Bertz CT molecular complexity index is 1650. The van der Waals surface area contributed by atoms with Crippen LogP contribution in [0.15, 0.2) is 76.2 Å². The molecule has 1 aliphatic rings. The molecule has 0 spiro atoms. The number of carboxylic acid groups (broad SMARTS) is 1. The van der Waals surface area contributed by atoms with E-state index in [0.717, 1.165) is 11.3 Å². The van der Waals surface area contributed by atoms with E-state index in [9.17, 15) is 19.5 Å². The molecule has 1 aromatic heterocycles. The molecule has 0 fully saturated rings. The third kappa shape index (κ3) is 5.56. The number of carbonyl (C=O) groups is 2. The number of allylic oxidation sites excluding steroid dienone is 1. The Balaban J connectivity index is 1.96. The molecule has 9 nitrogen and oxygen atoms in total. The first-order valence-electron chi connectivity index (χ1n) is 12.3. The zero-order valence-electron chi connectivity index (χ0n) is 21.8. The van der Waals surface area contributed by atoms with Crippen LogP contribution < -0.4 is 24.4 Å². The van der Waals surface area contributed by atoms with Crippen molar-refractivity contribution in [2.75, 3.05) is 19.8 Å². The fraction of sp³-hybridized carbons (Fsp3) is 0.241. The fourth-order valence-electron chi connectivity index (χ4n) is 4.30. The van der Waals surface area contributed by atoms with Crippen LogP contribution in [0, 0.1) is 0 Å². The van der Waals surface area contributed by atoms with Crippen molar-refractivity contribution in [3.8, 4) is 11.5 Å². The van der Waals surface area contributed by atoms with Gasteiger partial charge in [0.05, 0.1) is 40.6 Å². The van der Waals surface area contributed by atoms with Crippen molar-refractivity contribution in [2.24, 2.45) is 4.99 Å². The van der Waals surface area contributed by atoms with Crippen molar-refractivity contribution in [2.45, 2.75) is 26.8 Å². The highest BCUT2D eigenvalue weighted by atomic mass is 32.1. The maximum absolute atomic E-state index is 13.8. The van der Waals surface area contributed by atoms with Gasteiger partial charge in [0, 0.05) is 0 Å². The lowest BCUT2D eigenvalue weighted by Crippen LogP contribution is -2.40. The third-order valence-corrected chi connectivity index (χ3v) is 6.92. The highest BCUT2D eigenvalue weighted by Gasteiger charge is 2.34. The molecule has 0 radical (unpaired) electrons. The molecular formula is C29H28N2O7S. The van der Waals surface area contributed by atoms with E-state index in [0.29, 0.717) is 39.7 Å². The average molecular weight is 549 g/mol. The topological polar surface area (TPSA) is 116 Å². The molecule has 3 aromatic rings. The summed E-state index contributed by atoms with van der Waals surface area (Å²) in [4.78, 5) is 43.6. The Kier molecular flexibility index (Phi) is 8.46. The first-order chi connectivity index (χ1) is 18.8. The summed E-state index contributed by atoms with van der Waals surface area (Å²) in [6, 6.07) is 10.8. The third-order valence-electron chi connectivity index (χ3n) is 5.93. The van der Waals surface area contributed by atoms with Crippen molar-refractivity contribution in [1.29, 1.82) is 0 Å². The summed E-state index contributed by atoms with van der Waals surface area (Å²) < 4.78 is 18.6. The molecule has 0 amide bonds. The van der Waals surface area contributed by atoms with Crippen LogP contribution >= 0.6 is 11.3 Å². The number of rotatable bonds is 10. The van der Waals surface area contributed by atoms with E-state index in [1.54, 1.807) is 56.3 Å². The standard InChI is InChI=1S/C29H28N2O7S/c1-5-14-38-21-13-12-19(15-22(21)36-6-2)25-24(28(35)37-7-3)17(4)30-29-31(25)26(32)23(39-29)16-18-10-8-9-11-20(18)27(33)34/h5,8-13,15-16,25H,1,6-7,14H2,2-4H3,(H,33,34)/b23-16-. The van der Waals surface area contributed by atoms with E-state index >= 15 is 0 Å². The summed E-state index contributed by atoms with van der Waals surface area (Å²) in [5, 5.41) is 9.59. The summed E-state index contributed by atoms with van der Waals surface area (Å²) in [7, 11) is 0. The van der Waals surface area contributed by atoms with Gasteiger partial charge < -0.3 is 19.3 Å². The Hall–Kier alpha value is -4.44. The maximum Gasteiger partial charge on any atom is 0.338 e. The van der Waals surface area contributed by atoms with E-state index in [1.807, 2.05) is 6.92 Å². The lowest BCUT2D eigenvalue weighted by Gasteiger charge is -2.25. The number of fused-ring (bicyclic) bond motifs is 1. The zero-order chi connectivity index (χ0) is 28.1. The predicted octanol–water partition coefficient (Wildman–Crippen LogP) is 3.46. The molecule has 0 saturated carbocycles. The van der Waals surface area contributed by atoms with Crippen LogP contribution in [0.1, 0.15) is 48.3 Å². The second-order valence-corrected chi connectivity index (χ2v) is 9.44. The second kappa shape index (κ2) is 12.0. The van der Waals surface area contributed by atoms with Gasteiger partial charge in [-0.25, -0.2) is 14.6 Å². The number of ether oxygens (including phenoxy) is 3. The monoisotopic (exact) mass is 548 g/mol. The Morgan fingerprint density at radius 3 is 2.59 bits per heavy atom. The van der Waals surface area contributed by atoms with Crippen molar-refractivity contribution in [3.05, 3.63) is 103 Å². The summed E-state index contributed by atoms with van der Waals surface area (Å²) in [5.41, 5.74) is 1.28. The van der Waals surface area contributed by atoms with Crippen LogP contribution in [0.2, 0.25) is 0 Å². The molecule has 0 bridgehead atoms. The molecule has 39 heavy (non-hydrogen) atoms. The van der Waals surface area contributed by atoms with E-state index in [1.165, 1.54) is 16.7 Å². The maximum atomic E-state index is 13.8. The average Bonchev–Trinajstić information content (AvgIpc) is 3.21. The molecule has 1 unspecified atom stereocenters. The largest absolute Gasteiger partial charge is 0.490 e. The van der Waals surface area contributed by atoms with Gasteiger partial charge >= 0.3 is 11.9 Å². The van der Waals surface area contributed by atoms with Crippen LogP contribution in [0.3, 0.4) is 0 Å². The molecule has 2 heterocycles. The predicted molar refractivity (Wildman–Crippen MR) is 147 cm³/mol. The van der Waals surface area contributed by atoms with Gasteiger partial charge in [-0.1, -0.05) is 48.3 Å². The lowest BCUT2D eigenvalue weighted by molar-refractivity contribution is -0.139. The quantitative estimate of drug-likeness (QED) is 0.305. The Morgan fingerprint density at radius 1 is 1.13 bits per heavy atom. The van der Waals surface area contributed by atoms with Gasteiger partial charge in [0.25, 0.3) is 5.56 Å². The molecule has 4 rings (SSSR count). The van der Waals surface area contributed by atoms with Crippen molar-refractivity contribution < 1.29 is 28.9 Å². The van der Waals surface area contributed by atoms with Gasteiger partial charge in [-0.15, -0.1) is 0 Å². The number of thiazole rings is 1. The smallest absolute Gasteiger partial charge is 0.338 e. The van der Waals surface area contributed by atoms with Crippen molar-refractivity contribution in [3.63, 3.8) is 0 Å². The van der Waals surface area contributed by atoms with E-state index in [2.05, 4.69) is 11.6 Å². The van der Waals surface area contributed by atoms with Gasteiger partial charge in [-0.3, -0.25) is 9.36 Å². The van der Waals surface area contributed by atoms with Crippen molar-refractivity contribution in [1.82, 2.24) is 4.57 Å². The molecular weight excluding hydrogens is 520 g/mol. The van der Waals surface area contributed by atoms with E-state index in [4.69, 9.17) is 14.2 Å². The number of nitrogens with zero attached hydrogens (tertiary/aromatic N) is 2. The summed E-state index contributed by atoms with van der Waals surface area (Å²) in [5.74, 6) is -0.738. The Labute approximate surface area is 228 Å². The molecule has 202 valence electrons. The molecule has 1 N–H and O–H groups in total. The van der Waals surface area contributed by atoms with Gasteiger partial charge in [-0.05, 0) is 56.2 Å². The molecule has 0 aliphatic carbocycles. The highest BCUT2D eigenvalue weighted by Crippen LogP contribution is 2.36. The van der Waals surface area contributed by atoms with Gasteiger partial charge in [0.2, 0.25) is 0 Å². The second-order valence-electron chi connectivity index (χ2n) is 8.43. The normalized spacial score (nSPS) is 14.8. The SMILES string of the molecule is C=CCOc1ccc(C2C(C(=O)OCC)=C(C)N=c3s/c(=C\c4ccccc4C(=O)O)c(=O)n32)cc1OCC. The molecule has 1 atom stereocenters. The summed E-state index contributed by atoms with van der Waals surface area (Å²) in [6.07, 6.45) is 3.15. The summed E-state index contributed by atoms with van der Waals surface area (Å²) >= 11 is 1.12. The van der Waals surface area contributed by atoms with Crippen LogP contribution in [0.25, 0.3) is 6.08 Å². The van der Waals surface area contributed by atoms with E-state index < -0.39 is 23.5 Å². The first-order valence-corrected chi connectivity index (χ1v) is 13.1. The van der Waals surface area contributed by atoms with Crippen LogP contribution in [0.4, 0.5) is 0 Å². The summed E-state index contributed by atoms with van der Waals surface area (Å²) in [6.45, 7) is 9.72. The van der Waals surface area contributed by atoms with Crippen LogP contribution in [0.5, 0.6) is 11.5 Å². The minimum absolute atomic E-state index is 0.0692. The number of hydrogen-bond acceptors (Lipinski definition) is 8. The number of carbonyl (C=O) groups excluding carboxylic acids is 1. The fourth-order valence-corrected chi connectivity index (χ4v) is 5.33.